The van der Waals surface area contributed by atoms with Crippen LogP contribution in [0.15, 0.2) is 30.3 Å². The van der Waals surface area contributed by atoms with Crippen LogP contribution in [-0.4, -0.2) is 29.7 Å². The molecular formula is C17H21N5O3S. The Hall–Kier alpha value is -2.68. The maximum Gasteiger partial charge on any atom is 0.316 e. The molecule has 0 spiro atoms. The Morgan fingerprint density at radius 2 is 1.81 bits per heavy atom. The molecule has 2 amide bonds. The smallest absolute Gasteiger partial charge is 0.316 e. The Balaban J connectivity index is 1.84. The average Bonchev–Trinajstić information content (AvgIpc) is 3.09. The summed E-state index contributed by atoms with van der Waals surface area (Å²) in [5.74, 6) is 0.414. The van der Waals surface area contributed by atoms with Crippen LogP contribution >= 0.6 is 0 Å². The fraction of sp³-hybridized carbons (Fsp3) is 0.353. The summed E-state index contributed by atoms with van der Waals surface area (Å²) < 4.78 is 25.1. The van der Waals surface area contributed by atoms with Gasteiger partial charge in [0.05, 0.1) is 16.7 Å². The van der Waals surface area contributed by atoms with Gasteiger partial charge in [-0.05, 0) is 37.1 Å². The molecule has 1 saturated carbocycles. The number of nitrogens with two attached hydrogens (primary N) is 2. The van der Waals surface area contributed by atoms with Crippen molar-refractivity contribution in [3.63, 3.8) is 0 Å². The van der Waals surface area contributed by atoms with E-state index in [0.717, 1.165) is 12.8 Å². The summed E-state index contributed by atoms with van der Waals surface area (Å²) in [5, 5.41) is 2.17. The van der Waals surface area contributed by atoms with Gasteiger partial charge in [-0.15, -0.1) is 0 Å². The van der Waals surface area contributed by atoms with Gasteiger partial charge in [0.15, 0.2) is 15.7 Å². The van der Waals surface area contributed by atoms with Crippen LogP contribution in [-0.2, 0) is 15.6 Å². The van der Waals surface area contributed by atoms with E-state index in [9.17, 15) is 13.2 Å². The number of urea groups is 1. The van der Waals surface area contributed by atoms with E-state index in [0.29, 0.717) is 35.6 Å². The summed E-state index contributed by atoms with van der Waals surface area (Å²) in [7, 11) is -3.26. The van der Waals surface area contributed by atoms with Crippen LogP contribution in [0.25, 0.3) is 11.4 Å². The van der Waals surface area contributed by atoms with Gasteiger partial charge in [0.2, 0.25) is 0 Å². The molecule has 3 rings (SSSR count). The van der Waals surface area contributed by atoms with Gasteiger partial charge in [0, 0.05) is 17.3 Å². The molecule has 1 aliphatic rings. The van der Waals surface area contributed by atoms with Crippen LogP contribution in [0.2, 0.25) is 0 Å². The predicted octanol–water partition coefficient (Wildman–Crippen LogP) is 2.07. The van der Waals surface area contributed by atoms with Crippen molar-refractivity contribution in [2.45, 2.75) is 36.7 Å². The number of nitrogens with zero attached hydrogens (tertiary/aromatic N) is 2. The maximum atomic E-state index is 12.6. The Kier molecular flexibility index (Phi) is 5.08. The highest BCUT2D eigenvalue weighted by Gasteiger charge is 2.29. The van der Waals surface area contributed by atoms with Crippen LogP contribution in [0.3, 0.4) is 0 Å². The number of sulfone groups is 1. The molecule has 1 heterocycles. The lowest BCUT2D eigenvalue weighted by Gasteiger charge is -2.12. The van der Waals surface area contributed by atoms with Crippen molar-refractivity contribution >= 4 is 27.4 Å². The lowest BCUT2D eigenvalue weighted by Crippen LogP contribution is -2.20. The highest BCUT2D eigenvalue weighted by atomic mass is 32.2. The van der Waals surface area contributed by atoms with E-state index in [-0.39, 0.29) is 16.8 Å². The number of nitrogen functional groups attached to an aromatic ring is 1. The molecule has 5 N–H and O–H groups in total. The molecule has 1 aliphatic carbocycles. The maximum absolute atomic E-state index is 12.6. The number of hydrogen-bond donors (Lipinski definition) is 3. The summed E-state index contributed by atoms with van der Waals surface area (Å²) in [6.45, 7) is 0. The number of benzene rings is 1. The Morgan fingerprint density at radius 1 is 1.15 bits per heavy atom. The van der Waals surface area contributed by atoms with Crippen molar-refractivity contribution in [1.29, 1.82) is 0 Å². The number of amides is 2. The Labute approximate surface area is 151 Å². The normalized spacial score (nSPS) is 15.1. The molecule has 138 valence electrons. The largest absolute Gasteiger partial charge is 0.384 e. The van der Waals surface area contributed by atoms with Crippen LogP contribution in [0.1, 0.15) is 31.4 Å². The zero-order chi connectivity index (χ0) is 18.7. The highest BCUT2D eigenvalue weighted by molar-refractivity contribution is 7.91. The molecule has 8 nitrogen and oxygen atoms in total. The Bertz CT molecular complexity index is 906. The van der Waals surface area contributed by atoms with E-state index >= 15 is 0 Å². The van der Waals surface area contributed by atoms with Gasteiger partial charge in [0.25, 0.3) is 0 Å². The number of primary amides is 1. The summed E-state index contributed by atoms with van der Waals surface area (Å²) in [6.07, 6.45) is 3.33. The van der Waals surface area contributed by atoms with Crippen LogP contribution in [0, 0.1) is 0 Å². The first-order valence-electron chi connectivity index (χ1n) is 8.35. The zero-order valence-electron chi connectivity index (χ0n) is 14.2. The van der Waals surface area contributed by atoms with Gasteiger partial charge < -0.3 is 16.8 Å². The molecule has 2 aromatic rings. The Morgan fingerprint density at radius 3 is 2.42 bits per heavy atom. The topological polar surface area (TPSA) is 141 Å². The molecule has 1 aromatic carbocycles. The van der Waals surface area contributed by atoms with Crippen LogP contribution in [0.5, 0.6) is 0 Å². The number of hydrogen-bond acceptors (Lipinski definition) is 6. The summed E-state index contributed by atoms with van der Waals surface area (Å²) in [4.78, 5) is 19.4. The van der Waals surface area contributed by atoms with E-state index in [1.165, 1.54) is 6.07 Å². The molecule has 26 heavy (non-hydrogen) atoms. The quantitative estimate of drug-likeness (QED) is 0.730. The van der Waals surface area contributed by atoms with Gasteiger partial charge >= 0.3 is 6.03 Å². The minimum Gasteiger partial charge on any atom is -0.384 e. The number of aromatic nitrogens is 2. The van der Waals surface area contributed by atoms with Gasteiger partial charge in [-0.3, -0.25) is 0 Å². The average molecular weight is 375 g/mol. The van der Waals surface area contributed by atoms with Crippen molar-refractivity contribution < 1.29 is 13.2 Å². The van der Waals surface area contributed by atoms with Crippen molar-refractivity contribution in [3.8, 4) is 11.4 Å². The molecule has 0 radical (unpaired) electrons. The lowest BCUT2D eigenvalue weighted by molar-refractivity contribution is 0.259. The molecule has 9 heteroatoms. The molecule has 1 fully saturated rings. The first-order valence-corrected chi connectivity index (χ1v) is 10.1. The molecule has 0 bridgehead atoms. The number of carbonyl (C=O) groups excluding carboxylic acids is 1. The highest BCUT2D eigenvalue weighted by Crippen LogP contribution is 2.27. The molecular weight excluding hydrogens is 354 g/mol. The van der Waals surface area contributed by atoms with Crippen LogP contribution < -0.4 is 16.8 Å². The fourth-order valence-corrected chi connectivity index (χ4v) is 4.99. The number of rotatable bonds is 5. The predicted molar refractivity (Wildman–Crippen MR) is 100.0 cm³/mol. The van der Waals surface area contributed by atoms with Gasteiger partial charge in [-0.25, -0.2) is 23.2 Å². The van der Waals surface area contributed by atoms with E-state index in [2.05, 4.69) is 15.3 Å². The monoisotopic (exact) mass is 375 g/mol. The van der Waals surface area contributed by atoms with Crippen molar-refractivity contribution in [1.82, 2.24) is 9.97 Å². The second-order valence-electron chi connectivity index (χ2n) is 6.39. The fourth-order valence-electron chi connectivity index (χ4n) is 3.14. The standard InChI is InChI=1S/C17H21N5O3S/c18-15-9-13(10-26(24,25)14-3-1-2-4-14)20-16(22-15)11-5-7-12(8-6-11)21-17(19)23/h5-9,14H,1-4,10H2,(H2,18,20,22)(H3,19,21,23). The summed E-state index contributed by atoms with van der Waals surface area (Å²) in [6, 6.07) is 7.56. The zero-order valence-corrected chi connectivity index (χ0v) is 15.0. The summed E-state index contributed by atoms with van der Waals surface area (Å²) >= 11 is 0. The van der Waals surface area contributed by atoms with E-state index < -0.39 is 15.9 Å². The first-order chi connectivity index (χ1) is 12.3. The molecule has 1 aromatic heterocycles. The number of anilines is 2. The minimum atomic E-state index is -3.26. The second-order valence-corrected chi connectivity index (χ2v) is 8.67. The van der Waals surface area contributed by atoms with Crippen molar-refractivity contribution in [2.75, 3.05) is 11.1 Å². The third kappa shape index (κ3) is 4.29. The number of carbonyl (C=O) groups is 1. The van der Waals surface area contributed by atoms with Crippen molar-refractivity contribution in [3.05, 3.63) is 36.0 Å². The van der Waals surface area contributed by atoms with E-state index in [4.69, 9.17) is 11.5 Å². The first kappa shape index (κ1) is 18.1. The van der Waals surface area contributed by atoms with E-state index in [1.807, 2.05) is 0 Å². The molecule has 0 atom stereocenters. The third-order valence-corrected chi connectivity index (χ3v) is 6.55. The molecule has 0 unspecified atom stereocenters. The van der Waals surface area contributed by atoms with E-state index in [1.54, 1.807) is 24.3 Å². The number of nitrogens with one attached hydrogen (secondary N) is 1. The minimum absolute atomic E-state index is 0.140. The summed E-state index contributed by atoms with van der Waals surface area (Å²) in [5.41, 5.74) is 12.5. The van der Waals surface area contributed by atoms with Gasteiger partial charge in [0.1, 0.15) is 5.82 Å². The van der Waals surface area contributed by atoms with Gasteiger partial charge in [-0.2, -0.15) is 0 Å². The van der Waals surface area contributed by atoms with Crippen molar-refractivity contribution in [2.24, 2.45) is 5.73 Å². The second kappa shape index (κ2) is 7.28. The SMILES string of the molecule is NC(=O)Nc1ccc(-c2nc(N)cc(CS(=O)(=O)C3CCCC3)n2)cc1. The molecule has 0 aliphatic heterocycles. The van der Waals surface area contributed by atoms with Crippen LogP contribution in [0.4, 0.5) is 16.3 Å². The molecule has 0 saturated heterocycles. The lowest BCUT2D eigenvalue weighted by atomic mass is 10.2. The third-order valence-electron chi connectivity index (χ3n) is 4.37. The van der Waals surface area contributed by atoms with Gasteiger partial charge in [-0.1, -0.05) is 12.8 Å².